The normalized spacial score (nSPS) is 18.6. The molecular weight excluding hydrogens is 408 g/mol. The standard InChI is InChI=1S/C18H17ClN2O6S/c1-4-18(2)26-13-6-5-10(7-15(13)27-18)20-28(23,24)16-9-14-12(8-11(16)19)21(3)17(22)25-14/h5-9,20H,4H2,1-3H3/t18-/m0/s1. The Morgan fingerprint density at radius 3 is 2.61 bits per heavy atom. The summed E-state index contributed by atoms with van der Waals surface area (Å²) in [6.45, 7) is 3.73. The Morgan fingerprint density at radius 2 is 1.89 bits per heavy atom. The van der Waals surface area contributed by atoms with Crippen molar-refractivity contribution < 1.29 is 22.3 Å². The molecule has 1 N–H and O–H groups in total. The van der Waals surface area contributed by atoms with Gasteiger partial charge in [-0.1, -0.05) is 18.5 Å². The molecule has 10 heteroatoms. The first-order chi connectivity index (χ1) is 13.1. The van der Waals surface area contributed by atoms with Crippen molar-refractivity contribution in [2.75, 3.05) is 4.72 Å². The maximum absolute atomic E-state index is 12.8. The fourth-order valence-corrected chi connectivity index (χ4v) is 4.50. The molecule has 0 unspecified atom stereocenters. The Hall–Kier alpha value is -2.65. The van der Waals surface area contributed by atoms with E-state index in [-0.39, 0.29) is 21.2 Å². The van der Waals surface area contributed by atoms with Gasteiger partial charge in [0.1, 0.15) is 4.90 Å². The lowest BCUT2D eigenvalue weighted by molar-refractivity contribution is -0.0640. The number of nitrogens with zero attached hydrogens (tertiary/aromatic N) is 1. The van der Waals surface area contributed by atoms with Gasteiger partial charge >= 0.3 is 5.76 Å². The fraction of sp³-hybridized carbons (Fsp3) is 0.278. The number of rotatable bonds is 4. The lowest BCUT2D eigenvalue weighted by Crippen LogP contribution is -2.33. The van der Waals surface area contributed by atoms with E-state index in [9.17, 15) is 13.2 Å². The highest BCUT2D eigenvalue weighted by Crippen LogP contribution is 2.42. The molecule has 0 amide bonds. The number of nitrogens with one attached hydrogen (secondary N) is 1. The summed E-state index contributed by atoms with van der Waals surface area (Å²) in [5.41, 5.74) is 0.811. The summed E-state index contributed by atoms with van der Waals surface area (Å²) >= 11 is 6.16. The van der Waals surface area contributed by atoms with Gasteiger partial charge in [-0.05, 0) is 18.2 Å². The topological polar surface area (TPSA) is 99.8 Å². The molecule has 3 aromatic rings. The molecule has 8 nitrogen and oxygen atoms in total. The fourth-order valence-electron chi connectivity index (χ4n) is 2.91. The van der Waals surface area contributed by atoms with Crippen molar-refractivity contribution in [2.24, 2.45) is 7.05 Å². The monoisotopic (exact) mass is 424 g/mol. The van der Waals surface area contributed by atoms with Crippen LogP contribution in [-0.4, -0.2) is 18.8 Å². The molecule has 4 rings (SSSR count). The summed E-state index contributed by atoms with van der Waals surface area (Å²) in [4.78, 5) is 11.4. The molecular formula is C18H17ClN2O6S. The lowest BCUT2D eigenvalue weighted by Gasteiger charge is -2.20. The van der Waals surface area contributed by atoms with Gasteiger partial charge in [-0.25, -0.2) is 13.2 Å². The highest BCUT2D eigenvalue weighted by molar-refractivity contribution is 7.92. The number of hydrogen-bond donors (Lipinski definition) is 1. The van der Waals surface area contributed by atoms with Crippen molar-refractivity contribution in [2.45, 2.75) is 31.0 Å². The van der Waals surface area contributed by atoms with E-state index in [0.717, 1.165) is 0 Å². The van der Waals surface area contributed by atoms with E-state index in [1.54, 1.807) is 25.1 Å². The molecule has 1 atom stereocenters. The quantitative estimate of drug-likeness (QED) is 0.688. The minimum Gasteiger partial charge on any atom is -0.449 e. The highest BCUT2D eigenvalue weighted by atomic mass is 35.5. The molecule has 0 bridgehead atoms. The van der Waals surface area contributed by atoms with Crippen molar-refractivity contribution in [3.05, 3.63) is 45.9 Å². The van der Waals surface area contributed by atoms with Gasteiger partial charge in [0.15, 0.2) is 17.1 Å². The van der Waals surface area contributed by atoms with Crippen molar-refractivity contribution in [1.82, 2.24) is 4.57 Å². The molecule has 0 fully saturated rings. The molecule has 0 aliphatic carbocycles. The van der Waals surface area contributed by atoms with Gasteiger partial charge < -0.3 is 13.9 Å². The van der Waals surface area contributed by atoms with Gasteiger partial charge in [-0.2, -0.15) is 0 Å². The molecule has 28 heavy (non-hydrogen) atoms. The van der Waals surface area contributed by atoms with Crippen LogP contribution in [0, 0.1) is 0 Å². The Bertz CT molecular complexity index is 1260. The molecule has 2 aromatic carbocycles. The summed E-state index contributed by atoms with van der Waals surface area (Å²) in [5, 5.41) is -0.0318. The Labute approximate surface area is 165 Å². The zero-order valence-corrected chi connectivity index (χ0v) is 16.8. The first kappa shape index (κ1) is 18.7. The van der Waals surface area contributed by atoms with Crippen LogP contribution in [0.2, 0.25) is 5.02 Å². The van der Waals surface area contributed by atoms with Crippen LogP contribution in [0.1, 0.15) is 20.3 Å². The number of anilines is 1. The Morgan fingerprint density at radius 1 is 1.18 bits per heavy atom. The first-order valence-corrected chi connectivity index (χ1v) is 10.3. The zero-order chi connectivity index (χ0) is 20.3. The van der Waals surface area contributed by atoms with E-state index in [1.807, 2.05) is 6.92 Å². The van der Waals surface area contributed by atoms with E-state index < -0.39 is 21.6 Å². The van der Waals surface area contributed by atoms with Crippen molar-refractivity contribution >= 4 is 38.4 Å². The van der Waals surface area contributed by atoms with E-state index >= 15 is 0 Å². The molecule has 0 saturated heterocycles. The van der Waals surface area contributed by atoms with Crippen LogP contribution < -0.4 is 20.0 Å². The van der Waals surface area contributed by atoms with E-state index in [0.29, 0.717) is 23.4 Å². The average Bonchev–Trinajstić information content (AvgIpc) is 3.10. The minimum atomic E-state index is -4.04. The SMILES string of the molecule is CC[C@@]1(C)Oc2ccc(NS(=O)(=O)c3cc4oc(=O)n(C)c4cc3Cl)cc2O1. The predicted octanol–water partition coefficient (Wildman–Crippen LogP) is 3.48. The molecule has 0 spiro atoms. The predicted molar refractivity (Wildman–Crippen MR) is 104 cm³/mol. The van der Waals surface area contributed by atoms with E-state index in [2.05, 4.69) is 4.72 Å². The molecule has 0 saturated carbocycles. The number of aryl methyl sites for hydroxylation is 1. The van der Waals surface area contributed by atoms with E-state index in [1.165, 1.54) is 23.7 Å². The number of ether oxygens (including phenoxy) is 2. The second-order valence-corrected chi connectivity index (χ2v) is 8.69. The van der Waals surface area contributed by atoms with E-state index in [4.69, 9.17) is 25.5 Å². The molecule has 1 aromatic heterocycles. The number of aromatic nitrogens is 1. The largest absolute Gasteiger partial charge is 0.449 e. The van der Waals surface area contributed by atoms with Gasteiger partial charge in [0.2, 0.25) is 5.79 Å². The number of hydrogen-bond acceptors (Lipinski definition) is 6. The third kappa shape index (κ3) is 3.00. The second-order valence-electron chi connectivity index (χ2n) is 6.64. The molecule has 1 aliphatic heterocycles. The van der Waals surface area contributed by atoms with Crippen molar-refractivity contribution in [3.8, 4) is 11.5 Å². The van der Waals surface area contributed by atoms with Crippen molar-refractivity contribution in [3.63, 3.8) is 0 Å². The third-order valence-corrected chi connectivity index (χ3v) is 6.47. The molecule has 0 radical (unpaired) electrons. The molecule has 2 heterocycles. The molecule has 1 aliphatic rings. The maximum Gasteiger partial charge on any atom is 0.419 e. The van der Waals surface area contributed by atoms with Crippen molar-refractivity contribution in [1.29, 1.82) is 0 Å². The van der Waals surface area contributed by atoms with Crippen LogP contribution in [0.4, 0.5) is 5.69 Å². The average molecular weight is 425 g/mol. The van der Waals surface area contributed by atoms with Gasteiger partial charge in [-0.15, -0.1) is 0 Å². The van der Waals surface area contributed by atoms with Crippen LogP contribution in [0.25, 0.3) is 11.1 Å². The van der Waals surface area contributed by atoms with Gasteiger partial charge in [0, 0.05) is 32.5 Å². The van der Waals surface area contributed by atoms with Gasteiger partial charge in [0.25, 0.3) is 10.0 Å². The number of fused-ring (bicyclic) bond motifs is 2. The summed E-state index contributed by atoms with van der Waals surface area (Å²) in [5.74, 6) is -0.403. The summed E-state index contributed by atoms with van der Waals surface area (Å²) in [7, 11) is -2.53. The summed E-state index contributed by atoms with van der Waals surface area (Å²) < 4.78 is 46.0. The Kier molecular flexibility index (Phi) is 4.13. The first-order valence-electron chi connectivity index (χ1n) is 8.46. The van der Waals surface area contributed by atoms with Crippen LogP contribution in [0.15, 0.2) is 44.4 Å². The smallest absolute Gasteiger partial charge is 0.419 e. The minimum absolute atomic E-state index is 0.0318. The molecule has 148 valence electrons. The van der Waals surface area contributed by atoms with Crippen LogP contribution in [0.5, 0.6) is 11.5 Å². The third-order valence-electron chi connectivity index (χ3n) is 4.63. The van der Waals surface area contributed by atoms with Crippen LogP contribution in [-0.2, 0) is 17.1 Å². The highest BCUT2D eigenvalue weighted by Gasteiger charge is 2.35. The maximum atomic E-state index is 12.8. The zero-order valence-electron chi connectivity index (χ0n) is 15.3. The number of sulfonamides is 1. The number of benzene rings is 2. The van der Waals surface area contributed by atoms with Gasteiger partial charge in [0.05, 0.1) is 16.2 Å². The van der Waals surface area contributed by atoms with Gasteiger partial charge in [-0.3, -0.25) is 9.29 Å². The van der Waals surface area contributed by atoms with Crippen LogP contribution >= 0.6 is 11.6 Å². The second kappa shape index (κ2) is 6.18. The summed E-state index contributed by atoms with van der Waals surface area (Å²) in [6, 6.07) is 7.35. The Balaban J connectivity index is 1.69. The number of oxazole rings is 1. The van der Waals surface area contributed by atoms with Crippen LogP contribution in [0.3, 0.4) is 0 Å². The number of halogens is 1. The summed E-state index contributed by atoms with van der Waals surface area (Å²) in [6.07, 6.45) is 0.626. The lowest BCUT2D eigenvalue weighted by atomic mass is 10.2.